The first kappa shape index (κ1) is 19.6. The highest BCUT2D eigenvalue weighted by Gasteiger charge is 2.53. The van der Waals surface area contributed by atoms with Crippen molar-refractivity contribution in [1.82, 2.24) is 5.32 Å². The van der Waals surface area contributed by atoms with Gasteiger partial charge >= 0.3 is 0 Å². The molecule has 32 heavy (non-hydrogen) atoms. The van der Waals surface area contributed by atoms with Gasteiger partial charge in [0.05, 0.1) is 12.1 Å². The van der Waals surface area contributed by atoms with Crippen LogP contribution in [0.15, 0.2) is 78.9 Å². The zero-order valence-electron chi connectivity index (χ0n) is 18.5. The van der Waals surface area contributed by atoms with Crippen LogP contribution in [-0.4, -0.2) is 5.91 Å². The molecule has 0 unspecified atom stereocenters. The molecule has 2 saturated carbocycles. The Morgan fingerprint density at radius 2 is 1.66 bits per heavy atom. The molecule has 0 saturated heterocycles. The number of amides is 1. The average Bonchev–Trinajstić information content (AvgIpc) is 3.47. The molecule has 3 heteroatoms. The molecule has 1 heterocycles. The van der Waals surface area contributed by atoms with Gasteiger partial charge in [-0.25, -0.2) is 0 Å². The molecule has 1 amide bonds. The molecule has 3 aromatic carbocycles. The van der Waals surface area contributed by atoms with Crippen molar-refractivity contribution >= 4 is 11.6 Å². The molecule has 3 aliphatic rings. The Kier molecular flexibility index (Phi) is 4.78. The maximum atomic E-state index is 13.1. The van der Waals surface area contributed by atoms with Crippen LogP contribution in [0.2, 0.25) is 0 Å². The smallest absolute Gasteiger partial charge is 0.251 e. The Morgan fingerprint density at radius 3 is 2.44 bits per heavy atom. The topological polar surface area (TPSA) is 41.1 Å². The highest BCUT2D eigenvalue weighted by atomic mass is 16.1. The molecule has 6 rings (SSSR count). The van der Waals surface area contributed by atoms with Crippen molar-refractivity contribution in [2.45, 2.75) is 44.2 Å². The largest absolute Gasteiger partial charge is 0.378 e. The van der Waals surface area contributed by atoms with Crippen LogP contribution in [0.4, 0.5) is 5.69 Å². The number of anilines is 1. The third-order valence-corrected chi connectivity index (χ3v) is 8.16. The zero-order chi connectivity index (χ0) is 21.7. The van der Waals surface area contributed by atoms with Crippen LogP contribution < -0.4 is 10.6 Å². The predicted octanol–water partition coefficient (Wildman–Crippen LogP) is 6.47. The Morgan fingerprint density at radius 1 is 0.938 bits per heavy atom. The Labute approximate surface area is 190 Å². The SMILES string of the molecule is C[C@@H](NC(=O)c1ccc2c(c1)[C@@H]1[C@H]3CC[C@@H](C3)[C@H]1[C@@H](c1ccccc1)N2)c1ccccc1. The van der Waals surface area contributed by atoms with E-state index in [4.69, 9.17) is 0 Å². The van der Waals surface area contributed by atoms with Gasteiger partial charge in [-0.2, -0.15) is 0 Å². The standard InChI is InChI=1S/C29H30N2O/c1-18(19-8-4-2-5-9-19)30-29(32)23-14-15-25-24(17-23)26-21-12-13-22(16-21)27(26)28(31-25)20-10-6-3-7-11-20/h2-11,14-15,17-18,21-22,26-28,31H,12-13,16H2,1H3,(H,30,32)/t18-,21+,22+,26+,27-,28-/m1/s1. The number of nitrogens with one attached hydrogen (secondary N) is 2. The molecule has 2 bridgehead atoms. The first-order valence-corrected chi connectivity index (χ1v) is 12.0. The number of fused-ring (bicyclic) bond motifs is 7. The lowest BCUT2D eigenvalue weighted by atomic mass is 9.68. The summed E-state index contributed by atoms with van der Waals surface area (Å²) in [4.78, 5) is 13.1. The van der Waals surface area contributed by atoms with Gasteiger partial charge < -0.3 is 10.6 Å². The van der Waals surface area contributed by atoms with Gasteiger partial charge in [0.25, 0.3) is 5.91 Å². The minimum Gasteiger partial charge on any atom is -0.378 e. The quantitative estimate of drug-likeness (QED) is 0.506. The average molecular weight is 423 g/mol. The third-order valence-electron chi connectivity index (χ3n) is 8.16. The summed E-state index contributed by atoms with van der Waals surface area (Å²) in [5, 5.41) is 7.06. The maximum Gasteiger partial charge on any atom is 0.251 e. The summed E-state index contributed by atoms with van der Waals surface area (Å²) < 4.78 is 0. The molecule has 2 aliphatic carbocycles. The molecular weight excluding hydrogens is 392 g/mol. The fourth-order valence-corrected chi connectivity index (χ4v) is 6.72. The van der Waals surface area contributed by atoms with Crippen molar-refractivity contribution in [2.75, 3.05) is 5.32 Å². The third kappa shape index (κ3) is 3.23. The molecule has 0 spiro atoms. The van der Waals surface area contributed by atoms with E-state index in [-0.39, 0.29) is 11.9 Å². The molecule has 3 aromatic rings. The van der Waals surface area contributed by atoms with E-state index in [2.05, 4.69) is 65.2 Å². The van der Waals surface area contributed by atoms with Gasteiger partial charge in [0.1, 0.15) is 0 Å². The summed E-state index contributed by atoms with van der Waals surface area (Å²) in [5.74, 6) is 2.71. The maximum absolute atomic E-state index is 13.1. The summed E-state index contributed by atoms with van der Waals surface area (Å²) >= 11 is 0. The molecule has 0 aromatic heterocycles. The van der Waals surface area contributed by atoms with Crippen molar-refractivity contribution in [3.63, 3.8) is 0 Å². The lowest BCUT2D eigenvalue weighted by molar-refractivity contribution is 0.0939. The van der Waals surface area contributed by atoms with Gasteiger partial charge in [-0.1, -0.05) is 60.7 Å². The van der Waals surface area contributed by atoms with Crippen molar-refractivity contribution in [3.05, 3.63) is 101 Å². The van der Waals surface area contributed by atoms with Crippen LogP contribution >= 0.6 is 0 Å². The van der Waals surface area contributed by atoms with Crippen LogP contribution in [0.5, 0.6) is 0 Å². The summed E-state index contributed by atoms with van der Waals surface area (Å²) in [6.45, 7) is 2.05. The highest BCUT2D eigenvalue weighted by Crippen LogP contribution is 2.63. The predicted molar refractivity (Wildman–Crippen MR) is 129 cm³/mol. The number of rotatable bonds is 4. The molecule has 0 radical (unpaired) electrons. The molecule has 2 N–H and O–H groups in total. The number of carbonyl (C=O) groups is 1. The molecule has 2 fully saturated rings. The van der Waals surface area contributed by atoms with Crippen molar-refractivity contribution in [1.29, 1.82) is 0 Å². The number of hydrogen-bond acceptors (Lipinski definition) is 2. The number of carbonyl (C=O) groups excluding carboxylic acids is 1. The summed E-state index contributed by atoms with van der Waals surface area (Å²) in [6, 6.07) is 27.7. The first-order valence-electron chi connectivity index (χ1n) is 12.0. The second-order valence-corrected chi connectivity index (χ2v) is 9.88. The van der Waals surface area contributed by atoms with Gasteiger partial charge in [0.2, 0.25) is 0 Å². The van der Waals surface area contributed by atoms with E-state index < -0.39 is 0 Å². The Bertz CT molecular complexity index is 1130. The summed E-state index contributed by atoms with van der Waals surface area (Å²) in [5.41, 5.74) is 5.85. The summed E-state index contributed by atoms with van der Waals surface area (Å²) in [7, 11) is 0. The molecule has 162 valence electrons. The lowest BCUT2D eigenvalue weighted by Gasteiger charge is -2.43. The van der Waals surface area contributed by atoms with Gasteiger partial charge in [0, 0.05) is 11.3 Å². The van der Waals surface area contributed by atoms with E-state index in [0.29, 0.717) is 17.9 Å². The molecule has 3 nitrogen and oxygen atoms in total. The van der Waals surface area contributed by atoms with E-state index in [0.717, 1.165) is 23.0 Å². The Hall–Kier alpha value is -3.07. The van der Waals surface area contributed by atoms with E-state index in [1.165, 1.54) is 36.1 Å². The minimum atomic E-state index is -0.0180. The first-order chi connectivity index (χ1) is 15.7. The van der Waals surface area contributed by atoms with Gasteiger partial charge in [-0.3, -0.25) is 4.79 Å². The minimum absolute atomic E-state index is 0.00837. The summed E-state index contributed by atoms with van der Waals surface area (Å²) in [6.07, 6.45) is 4.01. The van der Waals surface area contributed by atoms with Crippen molar-refractivity contribution in [3.8, 4) is 0 Å². The van der Waals surface area contributed by atoms with Crippen molar-refractivity contribution < 1.29 is 4.79 Å². The normalized spacial score (nSPS) is 28.3. The molecule has 1 aliphatic heterocycles. The van der Waals surface area contributed by atoms with E-state index in [9.17, 15) is 4.79 Å². The fourth-order valence-electron chi connectivity index (χ4n) is 6.72. The van der Waals surface area contributed by atoms with Gasteiger partial charge in [0.15, 0.2) is 0 Å². The van der Waals surface area contributed by atoms with Gasteiger partial charge in [-0.05, 0) is 84.7 Å². The Balaban J connectivity index is 1.31. The second-order valence-electron chi connectivity index (χ2n) is 9.88. The van der Waals surface area contributed by atoms with Gasteiger partial charge in [-0.15, -0.1) is 0 Å². The molecular formula is C29H30N2O. The number of hydrogen-bond donors (Lipinski definition) is 2. The zero-order valence-corrected chi connectivity index (χ0v) is 18.5. The van der Waals surface area contributed by atoms with Crippen LogP contribution in [-0.2, 0) is 0 Å². The fraction of sp³-hybridized carbons (Fsp3) is 0.345. The van der Waals surface area contributed by atoms with E-state index in [1.54, 1.807) is 0 Å². The lowest BCUT2D eigenvalue weighted by Crippen LogP contribution is -2.36. The molecule has 6 atom stereocenters. The van der Waals surface area contributed by atoms with Crippen LogP contribution in [0, 0.1) is 17.8 Å². The van der Waals surface area contributed by atoms with Crippen LogP contribution in [0.1, 0.15) is 71.2 Å². The monoisotopic (exact) mass is 422 g/mol. The van der Waals surface area contributed by atoms with Crippen molar-refractivity contribution in [2.24, 2.45) is 17.8 Å². The number of benzene rings is 3. The second kappa shape index (κ2) is 7.81. The van der Waals surface area contributed by atoms with Crippen LogP contribution in [0.25, 0.3) is 0 Å². The van der Waals surface area contributed by atoms with Crippen LogP contribution in [0.3, 0.4) is 0 Å². The van der Waals surface area contributed by atoms with E-state index in [1.807, 2.05) is 31.2 Å². The highest BCUT2D eigenvalue weighted by molar-refractivity contribution is 5.95. The van der Waals surface area contributed by atoms with E-state index >= 15 is 0 Å².